The van der Waals surface area contributed by atoms with Crippen molar-refractivity contribution in [2.24, 2.45) is 17.3 Å². The molecule has 1 saturated carbocycles. The number of ketones is 1. The molecule has 0 aromatic carbocycles. The van der Waals surface area contributed by atoms with Crippen molar-refractivity contribution >= 4 is 11.8 Å². The van der Waals surface area contributed by atoms with Gasteiger partial charge in [-0.2, -0.15) is 0 Å². The van der Waals surface area contributed by atoms with Crippen molar-refractivity contribution in [1.29, 1.82) is 0 Å². The fourth-order valence-corrected chi connectivity index (χ4v) is 4.87. The van der Waals surface area contributed by atoms with Crippen LogP contribution in [0.3, 0.4) is 0 Å². The molecule has 0 radical (unpaired) electrons. The molecule has 1 N–H and O–H groups in total. The topological polar surface area (TPSA) is 72.8 Å². The van der Waals surface area contributed by atoms with Crippen LogP contribution in [0.5, 0.6) is 0 Å². The van der Waals surface area contributed by atoms with Crippen LogP contribution in [0.2, 0.25) is 0 Å². The van der Waals surface area contributed by atoms with Crippen molar-refractivity contribution in [2.75, 3.05) is 13.7 Å². The average molecular weight is 427 g/mol. The van der Waals surface area contributed by atoms with Crippen LogP contribution < -0.4 is 0 Å². The molecule has 1 aliphatic rings. The fourth-order valence-electron chi connectivity index (χ4n) is 4.87. The van der Waals surface area contributed by atoms with Gasteiger partial charge in [-0.3, -0.25) is 4.79 Å². The predicted octanol–water partition coefficient (Wildman–Crippen LogP) is 5.82. The molecule has 0 heterocycles. The van der Waals surface area contributed by atoms with Gasteiger partial charge < -0.3 is 14.6 Å². The first-order valence-corrected chi connectivity index (χ1v) is 12.2. The predicted molar refractivity (Wildman–Crippen MR) is 120 cm³/mol. The zero-order valence-electron chi connectivity index (χ0n) is 20.1. The van der Waals surface area contributed by atoms with E-state index in [2.05, 4.69) is 6.92 Å². The highest BCUT2D eigenvalue weighted by Gasteiger charge is 2.51. The minimum absolute atomic E-state index is 0.199. The van der Waals surface area contributed by atoms with E-state index in [1.165, 1.54) is 52.1 Å². The van der Waals surface area contributed by atoms with Gasteiger partial charge in [0.05, 0.1) is 6.61 Å². The maximum Gasteiger partial charge on any atom is 0.367 e. The van der Waals surface area contributed by atoms with Crippen molar-refractivity contribution < 1.29 is 24.2 Å². The Morgan fingerprint density at radius 1 is 1.03 bits per heavy atom. The van der Waals surface area contributed by atoms with Crippen molar-refractivity contribution in [3.05, 3.63) is 0 Å². The van der Waals surface area contributed by atoms with Crippen LogP contribution in [-0.2, 0) is 19.1 Å². The number of ether oxygens (including phenoxy) is 2. The van der Waals surface area contributed by atoms with Gasteiger partial charge in [-0.1, -0.05) is 72.1 Å². The lowest BCUT2D eigenvalue weighted by Gasteiger charge is -2.39. The quantitative estimate of drug-likeness (QED) is 0.191. The van der Waals surface area contributed by atoms with Crippen molar-refractivity contribution in [1.82, 2.24) is 0 Å². The second-order valence-corrected chi connectivity index (χ2v) is 9.63. The summed E-state index contributed by atoms with van der Waals surface area (Å²) in [5, 5.41) is 10.8. The molecule has 5 nitrogen and oxygen atoms in total. The first-order chi connectivity index (χ1) is 14.2. The number of esters is 1. The van der Waals surface area contributed by atoms with E-state index in [9.17, 15) is 14.7 Å². The summed E-state index contributed by atoms with van der Waals surface area (Å²) in [6.07, 6.45) is 14.1. The summed E-state index contributed by atoms with van der Waals surface area (Å²) in [5.74, 6) is -1.50. The number of methoxy groups -OCH3 is 1. The van der Waals surface area contributed by atoms with Gasteiger partial charge >= 0.3 is 5.97 Å². The summed E-state index contributed by atoms with van der Waals surface area (Å²) in [7, 11) is 1.34. The maximum absolute atomic E-state index is 12.4. The summed E-state index contributed by atoms with van der Waals surface area (Å²) in [5.41, 5.74) is -0.772. The Bertz CT molecular complexity index is 516. The van der Waals surface area contributed by atoms with Crippen LogP contribution in [-0.4, -0.2) is 36.4 Å². The Labute approximate surface area is 184 Å². The maximum atomic E-state index is 12.4. The van der Waals surface area contributed by atoms with E-state index < -0.39 is 17.2 Å². The van der Waals surface area contributed by atoms with Gasteiger partial charge in [-0.05, 0) is 38.5 Å². The molecule has 0 spiro atoms. The second kappa shape index (κ2) is 13.5. The minimum atomic E-state index is -1.95. The molecule has 176 valence electrons. The molecule has 5 heteroatoms. The van der Waals surface area contributed by atoms with Crippen LogP contribution >= 0.6 is 0 Å². The molecule has 1 aliphatic carbocycles. The van der Waals surface area contributed by atoms with E-state index in [1.807, 2.05) is 13.8 Å². The second-order valence-electron chi connectivity index (χ2n) is 9.63. The number of carbonyl (C=O) groups excluding carboxylic acids is 2. The standard InChI is InChI=1S/C25H46O5/c1-6-8-9-10-11-12-15-20-17-18-22(26)21(20)16-13-14-19-24(3,4)25(28,29-5)23(27)30-7-2/h20-21,28H,6-19H2,1-5H3/t20-,21+,25?/m0/s1. The van der Waals surface area contributed by atoms with Crippen molar-refractivity contribution in [2.45, 2.75) is 117 Å². The van der Waals surface area contributed by atoms with E-state index in [4.69, 9.17) is 9.47 Å². The number of rotatable bonds is 16. The Hall–Kier alpha value is -0.940. The van der Waals surface area contributed by atoms with Crippen LogP contribution in [0.15, 0.2) is 0 Å². The molecule has 0 bridgehead atoms. The highest BCUT2D eigenvalue weighted by atomic mass is 16.7. The third-order valence-corrected chi connectivity index (χ3v) is 7.00. The van der Waals surface area contributed by atoms with Gasteiger partial charge in [0.1, 0.15) is 5.78 Å². The first kappa shape index (κ1) is 27.1. The van der Waals surface area contributed by atoms with Crippen LogP contribution in [0.1, 0.15) is 111 Å². The molecule has 30 heavy (non-hydrogen) atoms. The Balaban J connectivity index is 2.44. The molecule has 1 fully saturated rings. The van der Waals surface area contributed by atoms with E-state index in [0.717, 1.165) is 32.1 Å². The van der Waals surface area contributed by atoms with E-state index >= 15 is 0 Å². The van der Waals surface area contributed by atoms with Crippen molar-refractivity contribution in [3.63, 3.8) is 0 Å². The van der Waals surface area contributed by atoms with E-state index in [1.54, 1.807) is 6.92 Å². The lowest BCUT2D eigenvalue weighted by molar-refractivity contribution is -0.259. The molecule has 0 amide bonds. The van der Waals surface area contributed by atoms with Gasteiger partial charge in [-0.15, -0.1) is 0 Å². The highest BCUT2D eigenvalue weighted by molar-refractivity contribution is 5.83. The van der Waals surface area contributed by atoms with E-state index in [-0.39, 0.29) is 12.5 Å². The monoisotopic (exact) mass is 426 g/mol. The summed E-state index contributed by atoms with van der Waals surface area (Å²) >= 11 is 0. The number of hydrogen-bond donors (Lipinski definition) is 1. The molecular formula is C25H46O5. The Kier molecular flexibility index (Phi) is 12.2. The zero-order chi connectivity index (χ0) is 22.6. The number of hydrogen-bond acceptors (Lipinski definition) is 5. The SMILES string of the molecule is CCCCCCCC[C@H]1CCC(=O)[C@@H]1CCCCC(C)(C)C(O)(OC)C(=O)OCC. The summed E-state index contributed by atoms with van der Waals surface area (Å²) in [4.78, 5) is 24.6. The summed E-state index contributed by atoms with van der Waals surface area (Å²) in [6, 6.07) is 0. The smallest absolute Gasteiger partial charge is 0.367 e. The number of carbonyl (C=O) groups is 2. The molecule has 0 saturated heterocycles. The lowest BCUT2D eigenvalue weighted by atomic mass is 9.77. The highest BCUT2D eigenvalue weighted by Crippen LogP contribution is 2.40. The Morgan fingerprint density at radius 2 is 1.67 bits per heavy atom. The van der Waals surface area contributed by atoms with Gasteiger partial charge in [-0.25, -0.2) is 4.79 Å². The Morgan fingerprint density at radius 3 is 2.30 bits per heavy atom. The van der Waals surface area contributed by atoms with Gasteiger partial charge in [0.15, 0.2) is 0 Å². The molecule has 0 aliphatic heterocycles. The van der Waals surface area contributed by atoms with Crippen LogP contribution in [0.4, 0.5) is 0 Å². The van der Waals surface area contributed by atoms with Gasteiger partial charge in [0.2, 0.25) is 0 Å². The number of Topliss-reactive ketones (excluding diaryl/α,β-unsaturated/α-hetero) is 1. The number of aliphatic hydroxyl groups is 1. The fraction of sp³-hybridized carbons (Fsp3) is 0.920. The van der Waals surface area contributed by atoms with Gasteiger partial charge in [0.25, 0.3) is 5.79 Å². The van der Waals surface area contributed by atoms with Crippen LogP contribution in [0, 0.1) is 17.3 Å². The number of unbranched alkanes of at least 4 members (excludes halogenated alkanes) is 6. The van der Waals surface area contributed by atoms with Crippen molar-refractivity contribution in [3.8, 4) is 0 Å². The van der Waals surface area contributed by atoms with Crippen LogP contribution in [0.25, 0.3) is 0 Å². The first-order valence-electron chi connectivity index (χ1n) is 12.2. The minimum Gasteiger partial charge on any atom is -0.462 e. The molecule has 3 atom stereocenters. The summed E-state index contributed by atoms with van der Waals surface area (Å²) < 4.78 is 10.2. The normalized spacial score (nSPS) is 21.6. The molecule has 1 rings (SSSR count). The lowest BCUT2D eigenvalue weighted by Crippen LogP contribution is -2.53. The third-order valence-electron chi connectivity index (χ3n) is 7.00. The molecular weight excluding hydrogens is 380 g/mol. The van der Waals surface area contributed by atoms with E-state index in [0.29, 0.717) is 18.1 Å². The largest absolute Gasteiger partial charge is 0.462 e. The molecule has 0 aromatic heterocycles. The molecule has 1 unspecified atom stereocenters. The third kappa shape index (κ3) is 7.64. The average Bonchev–Trinajstić information content (AvgIpc) is 3.06. The molecule has 0 aromatic rings. The summed E-state index contributed by atoms with van der Waals surface area (Å²) in [6.45, 7) is 7.80. The van der Waals surface area contributed by atoms with Gasteiger partial charge in [0, 0.05) is 24.9 Å². The zero-order valence-corrected chi connectivity index (χ0v) is 20.1.